The molecule has 204 valence electrons. The number of rotatable bonds is 2. The van der Waals surface area contributed by atoms with E-state index in [-0.39, 0.29) is 31.0 Å². The fourth-order valence-corrected chi connectivity index (χ4v) is 8.65. The molecule has 1 N–H and O–H groups in total. The highest BCUT2D eigenvalue weighted by Crippen LogP contribution is 2.72. The molecule has 9 heteroatoms. The number of allylic oxidation sites excluding steroid dienone is 1. The topological polar surface area (TPSA) is 133 Å². The smallest absolute Gasteiger partial charge is 0.358 e. The lowest BCUT2D eigenvalue weighted by Gasteiger charge is -2.70. The van der Waals surface area contributed by atoms with Gasteiger partial charge in [-0.3, -0.25) is 19.2 Å². The van der Waals surface area contributed by atoms with Crippen molar-refractivity contribution in [1.29, 1.82) is 0 Å². The van der Waals surface area contributed by atoms with Crippen LogP contribution in [0.5, 0.6) is 0 Å². The number of hydrogen-bond acceptors (Lipinski definition) is 9. The van der Waals surface area contributed by atoms with Crippen molar-refractivity contribution in [3.63, 3.8) is 0 Å². The third-order valence-corrected chi connectivity index (χ3v) is 10.8. The number of Topliss-reactive ketones (excluding diaryl/α,β-unsaturated/α-hetero) is 2. The number of hydrogen-bond donors (Lipinski definition) is 1. The molecule has 0 aromatic heterocycles. The highest BCUT2D eigenvalue weighted by atomic mass is 16.6. The van der Waals surface area contributed by atoms with Gasteiger partial charge in [0.15, 0.2) is 5.78 Å². The van der Waals surface area contributed by atoms with E-state index < -0.39 is 75.0 Å². The highest BCUT2D eigenvalue weighted by Gasteiger charge is 2.77. The average Bonchev–Trinajstić information content (AvgIpc) is 2.79. The van der Waals surface area contributed by atoms with Crippen molar-refractivity contribution in [2.45, 2.75) is 85.5 Å². The molecule has 0 radical (unpaired) electrons. The second-order valence-corrected chi connectivity index (χ2v) is 12.8. The Balaban J connectivity index is 1.97. The molecular formula is C28H38O9. The molecule has 4 aliphatic rings. The van der Waals surface area contributed by atoms with E-state index in [2.05, 4.69) is 6.58 Å². The number of aliphatic hydroxyl groups excluding tert-OH is 1. The van der Waals surface area contributed by atoms with E-state index in [1.807, 2.05) is 20.8 Å². The number of ether oxygens (including phenoxy) is 3. The first-order valence-electron chi connectivity index (χ1n) is 12.8. The third-order valence-electron chi connectivity index (χ3n) is 10.8. The van der Waals surface area contributed by atoms with Gasteiger partial charge in [-0.2, -0.15) is 0 Å². The third kappa shape index (κ3) is 3.15. The number of carbonyl (C=O) groups excluding carboxylic acids is 5. The van der Waals surface area contributed by atoms with Gasteiger partial charge in [-0.05, 0) is 38.5 Å². The van der Waals surface area contributed by atoms with Crippen LogP contribution in [0.25, 0.3) is 0 Å². The van der Waals surface area contributed by atoms with Gasteiger partial charge in [-0.1, -0.05) is 39.8 Å². The summed E-state index contributed by atoms with van der Waals surface area (Å²) in [6.07, 6.45) is -1.46. The van der Waals surface area contributed by atoms with E-state index in [1.54, 1.807) is 13.8 Å². The lowest BCUT2D eigenvalue weighted by atomic mass is 9.34. The molecular weight excluding hydrogens is 480 g/mol. The average molecular weight is 519 g/mol. The molecule has 0 aromatic rings. The van der Waals surface area contributed by atoms with Crippen LogP contribution in [-0.2, 0) is 38.2 Å². The van der Waals surface area contributed by atoms with Gasteiger partial charge >= 0.3 is 17.9 Å². The molecule has 0 amide bonds. The minimum atomic E-state index is -2.15. The summed E-state index contributed by atoms with van der Waals surface area (Å²) in [4.78, 5) is 66.0. The van der Waals surface area contributed by atoms with E-state index >= 15 is 0 Å². The molecule has 37 heavy (non-hydrogen) atoms. The standard InChI is InChI=1S/C28H38O9/c1-13-10-16-26(6)15(24(3,4)17(30)12-18(26)31)11-19(36-14(2)29)27(16,7)20-21(32)37-28(8,23(34)35-9)22(33)25(13,20)5/h15-16,18-20,31H,1,10-12H2,2-9H3/t15-,16+,18+,19-,20+,25-,26+,27+,28-/m0/s1. The quantitative estimate of drug-likeness (QED) is 0.253. The minimum Gasteiger partial charge on any atom is -0.466 e. The second-order valence-electron chi connectivity index (χ2n) is 12.8. The van der Waals surface area contributed by atoms with Crippen LogP contribution < -0.4 is 0 Å². The van der Waals surface area contributed by atoms with E-state index in [0.717, 1.165) is 7.11 Å². The van der Waals surface area contributed by atoms with Crippen LogP contribution >= 0.6 is 0 Å². The summed E-state index contributed by atoms with van der Waals surface area (Å²) in [5.74, 6) is -5.06. The highest BCUT2D eigenvalue weighted by molar-refractivity contribution is 6.15. The predicted molar refractivity (Wildman–Crippen MR) is 130 cm³/mol. The summed E-state index contributed by atoms with van der Waals surface area (Å²) < 4.78 is 16.3. The first-order chi connectivity index (χ1) is 16.8. The summed E-state index contributed by atoms with van der Waals surface area (Å²) in [5, 5.41) is 11.4. The monoisotopic (exact) mass is 518 g/mol. The maximum Gasteiger partial charge on any atom is 0.358 e. The van der Waals surface area contributed by atoms with Gasteiger partial charge in [-0.15, -0.1) is 0 Å². The Hall–Kier alpha value is -2.55. The number of cyclic esters (lactones) is 1. The molecule has 0 spiro atoms. The fourth-order valence-electron chi connectivity index (χ4n) is 8.65. The van der Waals surface area contributed by atoms with Gasteiger partial charge < -0.3 is 19.3 Å². The lowest BCUT2D eigenvalue weighted by molar-refractivity contribution is -0.263. The van der Waals surface area contributed by atoms with Crippen LogP contribution in [0, 0.1) is 39.4 Å². The molecule has 4 fully saturated rings. The van der Waals surface area contributed by atoms with Crippen molar-refractivity contribution in [2.75, 3.05) is 7.11 Å². The number of methoxy groups -OCH3 is 1. The summed E-state index contributed by atoms with van der Waals surface area (Å²) in [6.45, 7) is 15.7. The van der Waals surface area contributed by atoms with Gasteiger partial charge in [0.2, 0.25) is 0 Å². The van der Waals surface area contributed by atoms with Gasteiger partial charge in [0, 0.05) is 29.6 Å². The molecule has 9 atom stereocenters. The van der Waals surface area contributed by atoms with Crippen LogP contribution in [-0.4, -0.2) is 59.5 Å². The Morgan fingerprint density at radius 1 is 1.00 bits per heavy atom. The minimum absolute atomic E-state index is 0.0387. The largest absolute Gasteiger partial charge is 0.466 e. The van der Waals surface area contributed by atoms with Crippen molar-refractivity contribution < 1.29 is 43.3 Å². The van der Waals surface area contributed by atoms with Crippen LogP contribution in [0.2, 0.25) is 0 Å². The summed E-state index contributed by atoms with van der Waals surface area (Å²) >= 11 is 0. The molecule has 1 saturated heterocycles. The zero-order valence-electron chi connectivity index (χ0n) is 22.9. The number of aliphatic hydroxyl groups is 1. The summed E-state index contributed by atoms with van der Waals surface area (Å²) in [7, 11) is 1.11. The molecule has 9 nitrogen and oxygen atoms in total. The van der Waals surface area contributed by atoms with Crippen LogP contribution in [0.4, 0.5) is 0 Å². The number of carbonyl (C=O) groups is 5. The Morgan fingerprint density at radius 3 is 2.14 bits per heavy atom. The van der Waals surface area contributed by atoms with Crippen LogP contribution in [0.3, 0.4) is 0 Å². The van der Waals surface area contributed by atoms with Gasteiger partial charge in [0.25, 0.3) is 5.60 Å². The van der Waals surface area contributed by atoms with Crippen molar-refractivity contribution >= 4 is 29.5 Å². The van der Waals surface area contributed by atoms with E-state index in [0.29, 0.717) is 5.57 Å². The van der Waals surface area contributed by atoms with Gasteiger partial charge in [0.05, 0.1) is 24.5 Å². The summed E-state index contributed by atoms with van der Waals surface area (Å²) in [6, 6.07) is 0. The van der Waals surface area contributed by atoms with Crippen LogP contribution in [0.1, 0.15) is 67.7 Å². The SMILES string of the molecule is C=C1C[C@H]2[C@](C)([C@@H](OC(C)=O)C[C@H]3C(C)(C)C(=O)C[C@@H](O)[C@@]23C)[C@@H]2C(=O)O[C@](C)(C(=O)OC)C(=O)[C@@]12C. The maximum absolute atomic E-state index is 14.0. The zero-order chi connectivity index (χ0) is 28.1. The van der Waals surface area contributed by atoms with Crippen molar-refractivity contribution in [3.05, 3.63) is 12.2 Å². The molecule has 3 aliphatic carbocycles. The molecule has 0 unspecified atom stereocenters. The maximum atomic E-state index is 14.0. The van der Waals surface area contributed by atoms with E-state index in [9.17, 15) is 29.1 Å². The normalized spacial score (nSPS) is 46.7. The van der Waals surface area contributed by atoms with Crippen molar-refractivity contribution in [2.24, 2.45) is 39.4 Å². The molecule has 1 aliphatic heterocycles. The first kappa shape index (κ1) is 27.5. The van der Waals surface area contributed by atoms with E-state index in [1.165, 1.54) is 13.8 Å². The Morgan fingerprint density at radius 2 is 1.59 bits per heavy atom. The van der Waals surface area contributed by atoms with Gasteiger partial charge in [-0.25, -0.2) is 4.79 Å². The number of esters is 3. The lowest BCUT2D eigenvalue weighted by Crippen LogP contribution is -2.75. The Bertz CT molecular complexity index is 1120. The first-order valence-corrected chi connectivity index (χ1v) is 12.8. The Labute approximate surface area is 217 Å². The van der Waals surface area contributed by atoms with Gasteiger partial charge in [0.1, 0.15) is 11.9 Å². The van der Waals surface area contributed by atoms with Crippen molar-refractivity contribution in [3.8, 4) is 0 Å². The van der Waals surface area contributed by atoms with E-state index in [4.69, 9.17) is 14.2 Å². The number of fused-ring (bicyclic) bond motifs is 5. The Kier molecular flexibility index (Phi) is 5.93. The van der Waals surface area contributed by atoms with Crippen molar-refractivity contribution in [1.82, 2.24) is 0 Å². The molecule has 1 heterocycles. The molecule has 3 saturated carbocycles. The molecule has 0 bridgehead atoms. The molecule has 4 rings (SSSR count). The number of ketones is 2. The van der Waals surface area contributed by atoms with Crippen LogP contribution in [0.15, 0.2) is 12.2 Å². The fraction of sp³-hybridized carbons (Fsp3) is 0.750. The second kappa shape index (κ2) is 7.98. The molecule has 0 aromatic carbocycles. The summed E-state index contributed by atoms with van der Waals surface area (Å²) in [5.41, 5.74) is -6.09. The zero-order valence-corrected chi connectivity index (χ0v) is 22.9. The predicted octanol–water partition coefficient (Wildman–Crippen LogP) is 2.57.